The lowest BCUT2D eigenvalue weighted by atomic mass is 10.0. The van der Waals surface area contributed by atoms with Gasteiger partial charge in [0, 0.05) is 22.9 Å². The number of carbonyl (C=O) groups is 1. The zero-order valence-electron chi connectivity index (χ0n) is 12.5. The third-order valence-corrected chi connectivity index (χ3v) is 3.80. The fourth-order valence-electron chi connectivity index (χ4n) is 2.61. The van der Waals surface area contributed by atoms with Gasteiger partial charge in [0.2, 0.25) is 0 Å². The number of fused-ring (bicyclic) bond motifs is 3. The Hall–Kier alpha value is -2.75. The molecule has 2 aromatic carbocycles. The molecule has 0 fully saturated rings. The second kappa shape index (κ2) is 5.22. The molecule has 3 rings (SSSR count). The van der Waals surface area contributed by atoms with E-state index in [2.05, 4.69) is 11.1 Å². The van der Waals surface area contributed by atoms with Gasteiger partial charge in [-0.15, -0.1) is 0 Å². The number of hydrogen-bond acceptors (Lipinski definition) is 3. The van der Waals surface area contributed by atoms with Crippen LogP contribution in [0.15, 0.2) is 35.9 Å². The standard InChI is InChI=1S/C18H17NO3/c1-10(2)3-4-11-5-13-14-6-12(9-20)18(22)8-16(14)19-15(13)7-17(11)21/h3,5-9,19,21-22H,4H2,1-2H3. The number of aldehydes is 1. The Morgan fingerprint density at radius 2 is 1.68 bits per heavy atom. The summed E-state index contributed by atoms with van der Waals surface area (Å²) < 4.78 is 0. The molecule has 3 N–H and O–H groups in total. The molecular weight excluding hydrogens is 278 g/mol. The van der Waals surface area contributed by atoms with Gasteiger partial charge in [-0.25, -0.2) is 0 Å². The zero-order valence-corrected chi connectivity index (χ0v) is 12.5. The molecule has 0 aliphatic rings. The van der Waals surface area contributed by atoms with Crippen molar-refractivity contribution in [2.75, 3.05) is 0 Å². The SMILES string of the molecule is CC(C)=CCc1cc2c(cc1O)[nH]c1cc(O)c(C=O)cc12. The van der Waals surface area contributed by atoms with Gasteiger partial charge in [0.25, 0.3) is 0 Å². The van der Waals surface area contributed by atoms with E-state index in [1.165, 1.54) is 11.6 Å². The number of aromatic amines is 1. The number of phenols is 2. The van der Waals surface area contributed by atoms with Gasteiger partial charge in [-0.1, -0.05) is 11.6 Å². The van der Waals surface area contributed by atoms with Crippen molar-refractivity contribution in [3.05, 3.63) is 47.0 Å². The minimum absolute atomic E-state index is 0.0527. The van der Waals surface area contributed by atoms with Crippen molar-refractivity contribution in [2.45, 2.75) is 20.3 Å². The molecule has 22 heavy (non-hydrogen) atoms. The fraction of sp³-hybridized carbons (Fsp3) is 0.167. The average molecular weight is 295 g/mol. The number of aromatic nitrogens is 1. The van der Waals surface area contributed by atoms with E-state index in [1.54, 1.807) is 12.1 Å². The van der Waals surface area contributed by atoms with Crippen LogP contribution in [0.4, 0.5) is 0 Å². The summed E-state index contributed by atoms with van der Waals surface area (Å²) in [7, 11) is 0. The van der Waals surface area contributed by atoms with Crippen LogP contribution in [0.25, 0.3) is 21.8 Å². The van der Waals surface area contributed by atoms with Crippen molar-refractivity contribution in [3.8, 4) is 11.5 Å². The molecule has 0 bridgehead atoms. The van der Waals surface area contributed by atoms with Gasteiger partial charge < -0.3 is 15.2 Å². The minimum Gasteiger partial charge on any atom is -0.508 e. The summed E-state index contributed by atoms with van der Waals surface area (Å²) in [5, 5.41) is 21.7. The molecule has 1 aromatic heterocycles. The number of carbonyl (C=O) groups excluding carboxylic acids is 1. The number of aromatic hydroxyl groups is 2. The smallest absolute Gasteiger partial charge is 0.153 e. The summed E-state index contributed by atoms with van der Waals surface area (Å²) in [6.07, 6.45) is 3.34. The van der Waals surface area contributed by atoms with E-state index in [9.17, 15) is 15.0 Å². The highest BCUT2D eigenvalue weighted by molar-refractivity contribution is 6.10. The maximum Gasteiger partial charge on any atom is 0.153 e. The van der Waals surface area contributed by atoms with E-state index < -0.39 is 0 Å². The number of allylic oxidation sites excluding steroid dienone is 2. The molecule has 0 spiro atoms. The van der Waals surface area contributed by atoms with Crippen LogP contribution in [0.2, 0.25) is 0 Å². The summed E-state index contributed by atoms with van der Waals surface area (Å²) >= 11 is 0. The number of rotatable bonds is 3. The molecule has 4 nitrogen and oxygen atoms in total. The molecule has 112 valence electrons. The highest BCUT2D eigenvalue weighted by Gasteiger charge is 2.11. The summed E-state index contributed by atoms with van der Waals surface area (Å²) in [5.41, 5.74) is 3.78. The highest BCUT2D eigenvalue weighted by atomic mass is 16.3. The number of H-pyrrole nitrogens is 1. The van der Waals surface area contributed by atoms with Crippen LogP contribution in [0.1, 0.15) is 29.8 Å². The van der Waals surface area contributed by atoms with Crippen molar-refractivity contribution in [1.29, 1.82) is 0 Å². The van der Waals surface area contributed by atoms with Crippen LogP contribution in [0.3, 0.4) is 0 Å². The molecule has 0 aliphatic heterocycles. The molecule has 0 saturated carbocycles. The van der Waals surface area contributed by atoms with Gasteiger partial charge in [-0.2, -0.15) is 0 Å². The van der Waals surface area contributed by atoms with E-state index in [1.807, 2.05) is 19.9 Å². The molecule has 0 unspecified atom stereocenters. The molecular formula is C18H17NO3. The van der Waals surface area contributed by atoms with Crippen LogP contribution in [-0.2, 0) is 6.42 Å². The Morgan fingerprint density at radius 3 is 2.32 bits per heavy atom. The molecule has 4 heteroatoms. The number of benzene rings is 2. The topological polar surface area (TPSA) is 73.3 Å². The van der Waals surface area contributed by atoms with Gasteiger partial charge in [0.05, 0.1) is 16.6 Å². The van der Waals surface area contributed by atoms with Crippen molar-refractivity contribution >= 4 is 28.1 Å². The van der Waals surface area contributed by atoms with E-state index >= 15 is 0 Å². The molecule has 0 saturated heterocycles. The fourth-order valence-corrected chi connectivity index (χ4v) is 2.61. The lowest BCUT2D eigenvalue weighted by Crippen LogP contribution is -1.84. The van der Waals surface area contributed by atoms with Crippen LogP contribution >= 0.6 is 0 Å². The normalized spacial score (nSPS) is 11.0. The first-order valence-electron chi connectivity index (χ1n) is 7.08. The lowest BCUT2D eigenvalue weighted by Gasteiger charge is -2.03. The van der Waals surface area contributed by atoms with Crippen molar-refractivity contribution in [1.82, 2.24) is 4.98 Å². The molecule has 3 aromatic rings. The summed E-state index contributed by atoms with van der Waals surface area (Å²) in [6.45, 7) is 4.03. The second-order valence-corrected chi connectivity index (χ2v) is 5.71. The average Bonchev–Trinajstić information content (AvgIpc) is 2.79. The summed E-state index contributed by atoms with van der Waals surface area (Å²) in [4.78, 5) is 14.2. The van der Waals surface area contributed by atoms with Crippen LogP contribution in [-0.4, -0.2) is 21.5 Å². The minimum atomic E-state index is -0.0527. The number of nitrogens with one attached hydrogen (secondary N) is 1. The molecule has 0 aliphatic carbocycles. The molecule has 0 amide bonds. The Labute approximate surface area is 127 Å². The predicted octanol–water partition coefficient (Wildman–Crippen LogP) is 4.05. The monoisotopic (exact) mass is 295 g/mol. The number of phenolic OH excluding ortho intramolecular Hbond substituents is 2. The van der Waals surface area contributed by atoms with Crippen LogP contribution < -0.4 is 0 Å². The van der Waals surface area contributed by atoms with Crippen LogP contribution in [0, 0.1) is 0 Å². The van der Waals surface area contributed by atoms with Gasteiger partial charge in [-0.05, 0) is 38.0 Å². The third-order valence-electron chi connectivity index (χ3n) is 3.80. The first-order chi connectivity index (χ1) is 10.5. The van der Waals surface area contributed by atoms with Gasteiger partial charge >= 0.3 is 0 Å². The second-order valence-electron chi connectivity index (χ2n) is 5.71. The van der Waals surface area contributed by atoms with Crippen molar-refractivity contribution < 1.29 is 15.0 Å². The van der Waals surface area contributed by atoms with Crippen molar-refractivity contribution in [2.24, 2.45) is 0 Å². The quantitative estimate of drug-likeness (QED) is 0.504. The lowest BCUT2D eigenvalue weighted by molar-refractivity contribution is 0.112. The van der Waals surface area contributed by atoms with Gasteiger partial charge in [-0.3, -0.25) is 4.79 Å². The molecule has 0 radical (unpaired) electrons. The van der Waals surface area contributed by atoms with E-state index in [-0.39, 0.29) is 17.1 Å². The third kappa shape index (κ3) is 2.33. The van der Waals surface area contributed by atoms with E-state index in [4.69, 9.17) is 0 Å². The van der Waals surface area contributed by atoms with Gasteiger partial charge in [0.1, 0.15) is 11.5 Å². The molecule has 1 heterocycles. The molecule has 0 atom stereocenters. The first kappa shape index (κ1) is 14.2. The number of hydrogen-bond donors (Lipinski definition) is 3. The maximum atomic E-state index is 11.0. The zero-order chi connectivity index (χ0) is 15.9. The van der Waals surface area contributed by atoms with Crippen molar-refractivity contribution in [3.63, 3.8) is 0 Å². The Morgan fingerprint density at radius 1 is 1.05 bits per heavy atom. The predicted molar refractivity (Wildman–Crippen MR) is 87.7 cm³/mol. The van der Waals surface area contributed by atoms with Crippen LogP contribution in [0.5, 0.6) is 11.5 Å². The maximum absolute atomic E-state index is 11.0. The Balaban J connectivity index is 2.26. The van der Waals surface area contributed by atoms with E-state index in [0.717, 1.165) is 27.4 Å². The Kier molecular flexibility index (Phi) is 3.37. The van der Waals surface area contributed by atoms with E-state index in [0.29, 0.717) is 12.7 Å². The largest absolute Gasteiger partial charge is 0.508 e. The first-order valence-corrected chi connectivity index (χ1v) is 7.08. The highest BCUT2D eigenvalue weighted by Crippen LogP contribution is 2.34. The summed E-state index contributed by atoms with van der Waals surface area (Å²) in [5.74, 6) is 0.180. The van der Waals surface area contributed by atoms with Gasteiger partial charge in [0.15, 0.2) is 6.29 Å². The summed E-state index contributed by atoms with van der Waals surface area (Å²) in [6, 6.07) is 6.81. The Bertz CT molecular complexity index is 915.